The van der Waals surface area contributed by atoms with Crippen molar-refractivity contribution >= 4 is 28.2 Å². The number of nitrogens with zero attached hydrogens (tertiary/aromatic N) is 2. The number of esters is 1. The van der Waals surface area contributed by atoms with E-state index in [0.717, 1.165) is 11.6 Å². The minimum Gasteiger partial charge on any atom is -0.427 e. The van der Waals surface area contributed by atoms with E-state index < -0.39 is 34.8 Å². The number of halogens is 3. The molecule has 3 aromatic carbocycles. The highest BCUT2D eigenvalue weighted by atomic mass is 19.4. The molecule has 1 heterocycles. The number of fused-ring (bicyclic) bond motifs is 1. The molecule has 0 aliphatic carbocycles. The zero-order valence-electron chi connectivity index (χ0n) is 20.9. The molecule has 0 radical (unpaired) electrons. The highest BCUT2D eigenvalue weighted by molar-refractivity contribution is 5.87. The van der Waals surface area contributed by atoms with Crippen molar-refractivity contribution in [3.63, 3.8) is 0 Å². The lowest BCUT2D eigenvalue weighted by molar-refractivity contribution is -0.384. The third-order valence-corrected chi connectivity index (χ3v) is 6.28. The van der Waals surface area contributed by atoms with Gasteiger partial charge < -0.3 is 19.7 Å². The van der Waals surface area contributed by atoms with Gasteiger partial charge in [0, 0.05) is 47.9 Å². The molecule has 1 unspecified atom stereocenters. The number of nitro groups is 1. The van der Waals surface area contributed by atoms with Crippen molar-refractivity contribution in [3.05, 3.63) is 100 Å². The molecule has 4 rings (SSSR count). The molecule has 0 saturated carbocycles. The summed E-state index contributed by atoms with van der Waals surface area (Å²) in [6.07, 6.45) is -3.06. The highest BCUT2D eigenvalue weighted by Crippen LogP contribution is 2.43. The fraction of sp³-hybridized carbons (Fsp3) is 0.250. The fourth-order valence-electron chi connectivity index (χ4n) is 4.24. The third kappa shape index (κ3) is 6.04. The van der Waals surface area contributed by atoms with Crippen LogP contribution in [0.25, 0.3) is 10.9 Å². The molecule has 0 aliphatic heterocycles. The Morgan fingerprint density at radius 1 is 1.08 bits per heavy atom. The highest BCUT2D eigenvalue weighted by Gasteiger charge is 2.56. The molecule has 39 heavy (non-hydrogen) atoms. The smallest absolute Gasteiger partial charge is 0.423 e. The summed E-state index contributed by atoms with van der Waals surface area (Å²) < 4.78 is 50.1. The number of alkyl halides is 3. The van der Waals surface area contributed by atoms with Crippen molar-refractivity contribution in [3.8, 4) is 5.75 Å². The Kier molecular flexibility index (Phi) is 7.91. The summed E-state index contributed by atoms with van der Waals surface area (Å²) in [5.41, 5.74) is -2.85. The topological polar surface area (TPSA) is 107 Å². The van der Waals surface area contributed by atoms with Gasteiger partial charge in [0.1, 0.15) is 5.75 Å². The first-order chi connectivity index (χ1) is 18.5. The number of rotatable bonds is 10. The van der Waals surface area contributed by atoms with E-state index in [2.05, 4.69) is 5.32 Å². The van der Waals surface area contributed by atoms with E-state index >= 15 is 0 Å². The average Bonchev–Trinajstić information content (AvgIpc) is 3.26. The molecular weight excluding hydrogens is 515 g/mol. The number of ether oxygens (including phenoxy) is 1. The first-order valence-electron chi connectivity index (χ1n) is 12.2. The van der Waals surface area contributed by atoms with Crippen LogP contribution < -0.4 is 10.1 Å². The molecule has 0 amide bonds. The average molecular weight is 542 g/mol. The molecule has 1 atom stereocenters. The van der Waals surface area contributed by atoms with Crippen molar-refractivity contribution in [2.24, 2.45) is 0 Å². The second-order valence-electron chi connectivity index (χ2n) is 9.07. The van der Waals surface area contributed by atoms with Crippen LogP contribution in [0, 0.1) is 10.1 Å². The number of carbonyl (C=O) groups excluding carboxylic acids is 1. The second-order valence-corrected chi connectivity index (χ2v) is 9.07. The van der Waals surface area contributed by atoms with E-state index in [9.17, 15) is 33.2 Å². The quantitative estimate of drug-likeness (QED) is 0.108. The van der Waals surface area contributed by atoms with Gasteiger partial charge in [-0.15, -0.1) is 0 Å². The van der Waals surface area contributed by atoms with Gasteiger partial charge in [0.15, 0.2) is 0 Å². The van der Waals surface area contributed by atoms with Crippen LogP contribution in [0.5, 0.6) is 5.75 Å². The number of aromatic nitrogens is 1. The van der Waals surface area contributed by atoms with Crippen LogP contribution in [0.4, 0.5) is 24.5 Å². The number of nitrogens with one attached hydrogen (secondary N) is 1. The van der Waals surface area contributed by atoms with Gasteiger partial charge in [0.2, 0.25) is 5.60 Å². The van der Waals surface area contributed by atoms with Gasteiger partial charge in [-0.1, -0.05) is 37.3 Å². The number of anilines is 1. The predicted molar refractivity (Wildman–Crippen MR) is 140 cm³/mol. The molecule has 0 aliphatic rings. The summed E-state index contributed by atoms with van der Waals surface area (Å²) in [6.45, 7) is 1.03. The van der Waals surface area contributed by atoms with E-state index in [0.29, 0.717) is 6.42 Å². The van der Waals surface area contributed by atoms with Crippen molar-refractivity contribution < 1.29 is 32.7 Å². The molecule has 0 spiro atoms. The Morgan fingerprint density at radius 3 is 2.38 bits per heavy atom. The van der Waals surface area contributed by atoms with Crippen molar-refractivity contribution in [2.45, 2.75) is 38.1 Å². The van der Waals surface area contributed by atoms with E-state index in [4.69, 9.17) is 4.74 Å². The van der Waals surface area contributed by atoms with Crippen molar-refractivity contribution in [1.29, 1.82) is 0 Å². The first-order valence-corrected chi connectivity index (χ1v) is 12.2. The largest absolute Gasteiger partial charge is 0.427 e. The van der Waals surface area contributed by atoms with Gasteiger partial charge in [-0.25, -0.2) is 0 Å². The Balaban J connectivity index is 1.69. The number of aliphatic hydroxyl groups is 1. The predicted octanol–water partition coefficient (Wildman–Crippen LogP) is 6.17. The van der Waals surface area contributed by atoms with Crippen LogP contribution >= 0.6 is 0 Å². The fourth-order valence-corrected chi connectivity index (χ4v) is 4.24. The zero-order valence-corrected chi connectivity index (χ0v) is 20.9. The Morgan fingerprint density at radius 2 is 1.77 bits per heavy atom. The van der Waals surface area contributed by atoms with Crippen LogP contribution in [0.1, 0.15) is 30.9 Å². The number of non-ortho nitro benzene ring substituents is 1. The van der Waals surface area contributed by atoms with Crippen LogP contribution in [0.3, 0.4) is 0 Å². The third-order valence-electron chi connectivity index (χ3n) is 6.28. The lowest BCUT2D eigenvalue weighted by Gasteiger charge is -2.31. The maximum atomic E-state index is 14.5. The number of carbonyl (C=O) groups is 1. The molecule has 2 N–H and O–H groups in total. The van der Waals surface area contributed by atoms with Crippen LogP contribution in [-0.2, 0) is 16.9 Å². The monoisotopic (exact) mass is 541 g/mol. The Hall–Kier alpha value is -4.38. The number of nitro benzene ring substituents is 1. The van der Waals surface area contributed by atoms with Crippen molar-refractivity contribution in [2.75, 3.05) is 11.9 Å². The first kappa shape index (κ1) is 27.6. The molecule has 11 heteroatoms. The van der Waals surface area contributed by atoms with E-state index in [1.807, 2.05) is 6.92 Å². The summed E-state index contributed by atoms with van der Waals surface area (Å²) in [5, 5.41) is 25.2. The van der Waals surface area contributed by atoms with Gasteiger partial charge in [0.25, 0.3) is 5.69 Å². The van der Waals surface area contributed by atoms with Gasteiger partial charge in [-0.05, 0) is 42.3 Å². The number of benzene rings is 3. The minimum atomic E-state index is -5.09. The lowest BCUT2D eigenvalue weighted by Crippen LogP contribution is -2.47. The lowest BCUT2D eigenvalue weighted by atomic mass is 9.92. The summed E-state index contributed by atoms with van der Waals surface area (Å²) in [5.74, 6) is -0.174. The molecule has 0 saturated heterocycles. The van der Waals surface area contributed by atoms with Gasteiger partial charge in [-0.3, -0.25) is 14.9 Å². The summed E-state index contributed by atoms with van der Waals surface area (Å²) in [6, 6.07) is 18.2. The van der Waals surface area contributed by atoms with Crippen molar-refractivity contribution in [1.82, 2.24) is 4.57 Å². The Bertz CT molecular complexity index is 1470. The summed E-state index contributed by atoms with van der Waals surface area (Å²) >= 11 is 0. The molecule has 204 valence electrons. The standard InChI is InChI=1S/C28H26F3N3O5/c1-2-6-26(35)39-22-12-9-20(10-13-22)32-18-27(36,28(29,30)31)24-17-33(16-19-7-4-3-5-8-19)25-15-21(34(37)38)11-14-23(24)25/h3-5,7-15,17,32,36H,2,6,16,18H2,1H3. The van der Waals surface area contributed by atoms with Crippen LogP contribution in [0.2, 0.25) is 0 Å². The van der Waals surface area contributed by atoms with Gasteiger partial charge >= 0.3 is 12.1 Å². The molecular formula is C28H26F3N3O5. The minimum absolute atomic E-state index is 0.0383. The van der Waals surface area contributed by atoms with E-state index in [-0.39, 0.29) is 41.0 Å². The van der Waals surface area contributed by atoms with E-state index in [1.54, 1.807) is 30.3 Å². The molecule has 8 nitrogen and oxygen atoms in total. The number of hydrogen-bond acceptors (Lipinski definition) is 6. The van der Waals surface area contributed by atoms with Gasteiger partial charge in [0.05, 0.1) is 17.0 Å². The molecule has 0 bridgehead atoms. The maximum absolute atomic E-state index is 14.5. The summed E-state index contributed by atoms with van der Waals surface area (Å²) in [7, 11) is 0. The molecule has 0 fully saturated rings. The zero-order chi connectivity index (χ0) is 28.2. The van der Waals surface area contributed by atoms with E-state index in [1.165, 1.54) is 47.2 Å². The summed E-state index contributed by atoms with van der Waals surface area (Å²) in [4.78, 5) is 22.4. The number of hydrogen-bond donors (Lipinski definition) is 2. The van der Waals surface area contributed by atoms with Gasteiger partial charge in [-0.2, -0.15) is 13.2 Å². The SMILES string of the molecule is CCCC(=O)Oc1ccc(NCC(O)(c2cn(Cc3ccccc3)c3cc([N+](=O)[O-])ccc23)C(F)(F)F)cc1. The Labute approximate surface area is 221 Å². The molecule has 1 aromatic heterocycles. The normalized spacial score (nSPS) is 13.2. The second kappa shape index (κ2) is 11.2. The maximum Gasteiger partial charge on any atom is 0.423 e. The van der Waals surface area contributed by atoms with Crippen LogP contribution in [-0.4, -0.2) is 33.3 Å². The molecule has 4 aromatic rings. The van der Waals surface area contributed by atoms with Crippen LogP contribution in [0.15, 0.2) is 79.0 Å².